The highest BCUT2D eigenvalue weighted by Gasteiger charge is 2.13. The van der Waals surface area contributed by atoms with Gasteiger partial charge in [0.05, 0.1) is 18.2 Å². The van der Waals surface area contributed by atoms with Crippen molar-refractivity contribution in [3.05, 3.63) is 34.4 Å². The summed E-state index contributed by atoms with van der Waals surface area (Å²) in [4.78, 5) is 21.8. The van der Waals surface area contributed by atoms with Crippen LogP contribution in [0.25, 0.3) is 11.5 Å². The predicted octanol–water partition coefficient (Wildman–Crippen LogP) is 1.66. The molecule has 2 rings (SSSR count). The zero-order valence-electron chi connectivity index (χ0n) is 9.86. The number of aromatic amines is 1. The van der Waals surface area contributed by atoms with E-state index in [1.165, 1.54) is 6.92 Å². The molecule has 0 fully saturated rings. The molecule has 6 heteroatoms. The minimum Gasteiger partial charge on any atom is -0.326 e. The van der Waals surface area contributed by atoms with Gasteiger partial charge in [0, 0.05) is 6.04 Å². The molecule has 0 atom stereocenters. The number of aryl methyl sites for hydroxylation is 1. The summed E-state index contributed by atoms with van der Waals surface area (Å²) >= 11 is 0. The van der Waals surface area contributed by atoms with Gasteiger partial charge in [0.25, 0.3) is 5.56 Å². The maximum Gasteiger partial charge on any atom is 0.287 e. The SMILES string of the molecule is Cc1nc(-c2cncn2C(C)C)[nH]c(=O)c1F. The molecule has 0 amide bonds. The molecule has 0 aliphatic rings. The normalized spacial score (nSPS) is 11.1. The lowest BCUT2D eigenvalue weighted by atomic mass is 10.3. The number of rotatable bonds is 2. The minimum absolute atomic E-state index is 0.0836. The molecular weight excluding hydrogens is 223 g/mol. The fourth-order valence-corrected chi connectivity index (χ4v) is 1.59. The van der Waals surface area contributed by atoms with E-state index in [9.17, 15) is 9.18 Å². The van der Waals surface area contributed by atoms with Crippen LogP contribution in [0.2, 0.25) is 0 Å². The maximum absolute atomic E-state index is 13.2. The number of hydrogen-bond donors (Lipinski definition) is 1. The Morgan fingerprint density at radius 3 is 2.76 bits per heavy atom. The second-order valence-electron chi connectivity index (χ2n) is 4.09. The summed E-state index contributed by atoms with van der Waals surface area (Å²) in [6, 6.07) is 0.183. The fourth-order valence-electron chi connectivity index (χ4n) is 1.59. The summed E-state index contributed by atoms with van der Waals surface area (Å²) in [5.74, 6) is -0.510. The molecule has 90 valence electrons. The molecule has 2 aromatic heterocycles. The molecule has 0 spiro atoms. The lowest BCUT2D eigenvalue weighted by molar-refractivity contribution is 0.584. The van der Waals surface area contributed by atoms with Gasteiger partial charge in [0.1, 0.15) is 5.69 Å². The van der Waals surface area contributed by atoms with Crippen LogP contribution in [0.15, 0.2) is 17.3 Å². The van der Waals surface area contributed by atoms with Crippen LogP contribution >= 0.6 is 0 Å². The standard InChI is InChI=1S/C11H13FN4O/c1-6(2)16-5-13-4-8(16)10-14-7(3)9(12)11(17)15-10/h4-6H,1-3H3,(H,14,15,17). The molecular formula is C11H13FN4O. The Hall–Kier alpha value is -1.98. The molecule has 2 heterocycles. The number of nitrogens with one attached hydrogen (secondary N) is 1. The lowest BCUT2D eigenvalue weighted by Crippen LogP contribution is -2.16. The summed E-state index contributed by atoms with van der Waals surface area (Å²) in [6.07, 6.45) is 3.24. The zero-order valence-corrected chi connectivity index (χ0v) is 9.86. The van der Waals surface area contributed by atoms with Gasteiger partial charge >= 0.3 is 0 Å². The van der Waals surface area contributed by atoms with Gasteiger partial charge in [0.2, 0.25) is 5.82 Å². The fraction of sp³-hybridized carbons (Fsp3) is 0.364. The average Bonchev–Trinajstić information content (AvgIpc) is 2.74. The number of aromatic nitrogens is 4. The predicted molar refractivity (Wildman–Crippen MR) is 61.2 cm³/mol. The number of imidazole rings is 1. The van der Waals surface area contributed by atoms with E-state index in [0.29, 0.717) is 11.5 Å². The molecule has 0 radical (unpaired) electrons. The Morgan fingerprint density at radius 2 is 2.18 bits per heavy atom. The minimum atomic E-state index is -0.843. The van der Waals surface area contributed by atoms with Crippen LogP contribution in [0.5, 0.6) is 0 Å². The Bertz CT molecular complexity index is 600. The van der Waals surface area contributed by atoms with E-state index in [1.54, 1.807) is 12.5 Å². The van der Waals surface area contributed by atoms with E-state index in [-0.39, 0.29) is 11.7 Å². The molecule has 5 nitrogen and oxygen atoms in total. The monoisotopic (exact) mass is 236 g/mol. The molecule has 0 saturated carbocycles. The van der Waals surface area contributed by atoms with Gasteiger partial charge in [-0.1, -0.05) is 0 Å². The first-order valence-electron chi connectivity index (χ1n) is 5.29. The summed E-state index contributed by atoms with van der Waals surface area (Å²) in [6.45, 7) is 5.43. The number of hydrogen-bond acceptors (Lipinski definition) is 3. The summed E-state index contributed by atoms with van der Waals surface area (Å²) in [5.41, 5.74) is -0.00976. The maximum atomic E-state index is 13.2. The molecule has 0 aliphatic carbocycles. The van der Waals surface area contributed by atoms with Crippen LogP contribution < -0.4 is 5.56 Å². The largest absolute Gasteiger partial charge is 0.326 e. The first-order chi connectivity index (χ1) is 8.00. The number of H-pyrrole nitrogens is 1. The van der Waals surface area contributed by atoms with Crippen LogP contribution in [-0.2, 0) is 0 Å². The van der Waals surface area contributed by atoms with E-state index < -0.39 is 11.4 Å². The van der Waals surface area contributed by atoms with Crippen molar-refractivity contribution in [3.8, 4) is 11.5 Å². The van der Waals surface area contributed by atoms with E-state index >= 15 is 0 Å². The van der Waals surface area contributed by atoms with Crippen molar-refractivity contribution in [2.24, 2.45) is 0 Å². The molecule has 1 N–H and O–H groups in total. The van der Waals surface area contributed by atoms with E-state index in [4.69, 9.17) is 0 Å². The molecule has 0 aromatic carbocycles. The highest BCUT2D eigenvalue weighted by atomic mass is 19.1. The molecule has 0 bridgehead atoms. The van der Waals surface area contributed by atoms with Gasteiger partial charge in [-0.2, -0.15) is 4.39 Å². The first kappa shape index (κ1) is 11.5. The Morgan fingerprint density at radius 1 is 1.47 bits per heavy atom. The smallest absolute Gasteiger partial charge is 0.287 e. The van der Waals surface area contributed by atoms with Gasteiger partial charge < -0.3 is 9.55 Å². The van der Waals surface area contributed by atoms with Crippen molar-refractivity contribution in [2.45, 2.75) is 26.8 Å². The Labute approximate surface area is 97.4 Å². The lowest BCUT2D eigenvalue weighted by Gasteiger charge is -2.11. The van der Waals surface area contributed by atoms with Crippen molar-refractivity contribution in [1.29, 1.82) is 0 Å². The molecule has 0 unspecified atom stereocenters. The van der Waals surface area contributed by atoms with Gasteiger partial charge in [0.15, 0.2) is 5.82 Å². The first-order valence-corrected chi connectivity index (χ1v) is 5.29. The summed E-state index contributed by atoms with van der Waals surface area (Å²) in [5, 5.41) is 0. The molecule has 0 aliphatic heterocycles. The van der Waals surface area contributed by atoms with Gasteiger partial charge in [-0.15, -0.1) is 0 Å². The van der Waals surface area contributed by atoms with Crippen LogP contribution in [-0.4, -0.2) is 19.5 Å². The van der Waals surface area contributed by atoms with Crippen molar-refractivity contribution >= 4 is 0 Å². The Kier molecular flexibility index (Phi) is 2.79. The Balaban J connectivity index is 2.61. The van der Waals surface area contributed by atoms with E-state index in [0.717, 1.165) is 0 Å². The van der Waals surface area contributed by atoms with Crippen LogP contribution in [0, 0.1) is 12.7 Å². The van der Waals surface area contributed by atoms with Crippen LogP contribution in [0.1, 0.15) is 25.6 Å². The van der Waals surface area contributed by atoms with Crippen molar-refractivity contribution in [1.82, 2.24) is 19.5 Å². The third kappa shape index (κ3) is 1.98. The van der Waals surface area contributed by atoms with Gasteiger partial charge in [-0.05, 0) is 20.8 Å². The highest BCUT2D eigenvalue weighted by molar-refractivity contribution is 5.48. The number of halogens is 1. The van der Waals surface area contributed by atoms with Crippen molar-refractivity contribution in [2.75, 3.05) is 0 Å². The third-order valence-electron chi connectivity index (χ3n) is 2.49. The molecule has 2 aromatic rings. The zero-order chi connectivity index (χ0) is 12.6. The molecule has 17 heavy (non-hydrogen) atoms. The third-order valence-corrected chi connectivity index (χ3v) is 2.49. The summed E-state index contributed by atoms with van der Waals surface area (Å²) < 4.78 is 15.0. The number of nitrogens with zero attached hydrogens (tertiary/aromatic N) is 3. The molecule has 0 saturated heterocycles. The van der Waals surface area contributed by atoms with E-state index in [1.807, 2.05) is 18.4 Å². The van der Waals surface area contributed by atoms with Gasteiger partial charge in [-0.25, -0.2) is 9.97 Å². The second-order valence-corrected chi connectivity index (χ2v) is 4.09. The quantitative estimate of drug-likeness (QED) is 0.862. The second kappa shape index (κ2) is 4.12. The average molecular weight is 236 g/mol. The van der Waals surface area contributed by atoms with Gasteiger partial charge in [-0.3, -0.25) is 4.79 Å². The highest BCUT2D eigenvalue weighted by Crippen LogP contribution is 2.18. The van der Waals surface area contributed by atoms with Crippen molar-refractivity contribution in [3.63, 3.8) is 0 Å². The summed E-state index contributed by atoms with van der Waals surface area (Å²) in [7, 11) is 0. The van der Waals surface area contributed by atoms with Crippen LogP contribution in [0.3, 0.4) is 0 Å². The van der Waals surface area contributed by atoms with Crippen molar-refractivity contribution < 1.29 is 4.39 Å². The van der Waals surface area contributed by atoms with E-state index in [2.05, 4.69) is 15.0 Å². The topological polar surface area (TPSA) is 63.6 Å². The van der Waals surface area contributed by atoms with Crippen LogP contribution in [0.4, 0.5) is 4.39 Å².